The van der Waals surface area contributed by atoms with Crippen LogP contribution in [-0.4, -0.2) is 36.7 Å². The molecular formula is C29H26N6O2. The molecule has 0 saturated carbocycles. The SMILES string of the molecule is Cc1cc(C(=O)Nc2cc(C(=O)c3ccc4c(C=Cc5ccccn5)n[nH]c4c3)c(C)cc2C)n(C)n1. The van der Waals surface area contributed by atoms with E-state index in [0.29, 0.717) is 22.5 Å². The van der Waals surface area contributed by atoms with E-state index in [1.807, 2.05) is 63.3 Å². The van der Waals surface area contributed by atoms with Crippen LogP contribution in [-0.2, 0) is 7.05 Å². The molecule has 0 unspecified atom stereocenters. The number of aryl methyl sites for hydroxylation is 4. The first-order valence-electron chi connectivity index (χ1n) is 11.9. The maximum Gasteiger partial charge on any atom is 0.273 e. The number of ketones is 1. The summed E-state index contributed by atoms with van der Waals surface area (Å²) in [7, 11) is 1.73. The van der Waals surface area contributed by atoms with Gasteiger partial charge in [-0.25, -0.2) is 0 Å². The number of hydrogen-bond acceptors (Lipinski definition) is 5. The summed E-state index contributed by atoms with van der Waals surface area (Å²) in [5.41, 5.74) is 6.91. The Morgan fingerprint density at radius 2 is 1.81 bits per heavy atom. The number of anilines is 1. The number of H-pyrrole nitrogens is 1. The number of aromatic nitrogens is 5. The molecule has 2 aromatic carbocycles. The fourth-order valence-corrected chi connectivity index (χ4v) is 4.34. The maximum absolute atomic E-state index is 13.5. The lowest BCUT2D eigenvalue weighted by atomic mass is 9.95. The van der Waals surface area contributed by atoms with Gasteiger partial charge in [0.25, 0.3) is 5.91 Å². The predicted octanol–water partition coefficient (Wildman–Crippen LogP) is 5.27. The van der Waals surface area contributed by atoms with Gasteiger partial charge in [0.2, 0.25) is 0 Å². The second-order valence-electron chi connectivity index (χ2n) is 9.02. The Morgan fingerprint density at radius 1 is 0.973 bits per heavy atom. The smallest absolute Gasteiger partial charge is 0.273 e. The molecule has 0 aliphatic rings. The van der Waals surface area contributed by atoms with Crippen LogP contribution in [0.4, 0.5) is 5.69 Å². The number of pyridine rings is 1. The second-order valence-corrected chi connectivity index (χ2v) is 9.02. The minimum Gasteiger partial charge on any atom is -0.320 e. The Labute approximate surface area is 214 Å². The van der Waals surface area contributed by atoms with E-state index >= 15 is 0 Å². The molecule has 0 aliphatic carbocycles. The molecule has 0 spiro atoms. The van der Waals surface area contributed by atoms with E-state index in [1.165, 1.54) is 0 Å². The van der Waals surface area contributed by atoms with E-state index in [2.05, 4.69) is 25.6 Å². The van der Waals surface area contributed by atoms with Gasteiger partial charge in [-0.1, -0.05) is 18.2 Å². The van der Waals surface area contributed by atoms with Crippen LogP contribution in [0.25, 0.3) is 23.1 Å². The van der Waals surface area contributed by atoms with Gasteiger partial charge in [0.1, 0.15) is 5.69 Å². The van der Waals surface area contributed by atoms with E-state index in [4.69, 9.17) is 0 Å². The summed E-state index contributed by atoms with van der Waals surface area (Å²) in [6.07, 6.45) is 5.53. The van der Waals surface area contributed by atoms with Crippen LogP contribution in [0.5, 0.6) is 0 Å². The van der Waals surface area contributed by atoms with Crippen LogP contribution in [0.1, 0.15) is 54.6 Å². The van der Waals surface area contributed by atoms with Crippen molar-refractivity contribution in [2.45, 2.75) is 20.8 Å². The Hall–Kier alpha value is -4.85. The summed E-state index contributed by atoms with van der Waals surface area (Å²) < 4.78 is 1.54. The summed E-state index contributed by atoms with van der Waals surface area (Å²) >= 11 is 0. The summed E-state index contributed by atoms with van der Waals surface area (Å²) in [6.45, 7) is 5.63. The van der Waals surface area contributed by atoms with Crippen molar-refractivity contribution in [2.75, 3.05) is 5.32 Å². The summed E-state index contributed by atoms with van der Waals surface area (Å²) in [5, 5.41) is 15.5. The molecule has 0 saturated heterocycles. The minimum atomic E-state index is -0.279. The van der Waals surface area contributed by atoms with Gasteiger partial charge in [-0.2, -0.15) is 10.2 Å². The number of amides is 1. The van der Waals surface area contributed by atoms with Crippen molar-refractivity contribution in [3.63, 3.8) is 0 Å². The molecule has 0 aliphatic heterocycles. The Morgan fingerprint density at radius 3 is 2.54 bits per heavy atom. The normalized spacial score (nSPS) is 11.4. The van der Waals surface area contributed by atoms with Gasteiger partial charge in [0, 0.05) is 35.4 Å². The molecule has 5 rings (SSSR count). The summed E-state index contributed by atoms with van der Waals surface area (Å²) in [4.78, 5) is 30.7. The Bertz CT molecular complexity index is 1680. The maximum atomic E-state index is 13.5. The van der Waals surface area contributed by atoms with E-state index in [1.54, 1.807) is 42.2 Å². The van der Waals surface area contributed by atoms with Crippen molar-refractivity contribution in [1.29, 1.82) is 0 Å². The van der Waals surface area contributed by atoms with Crippen molar-refractivity contribution in [3.05, 3.63) is 106 Å². The van der Waals surface area contributed by atoms with Gasteiger partial charge in [-0.3, -0.25) is 24.4 Å². The molecule has 0 radical (unpaired) electrons. The molecule has 1 amide bonds. The molecule has 37 heavy (non-hydrogen) atoms. The number of carbonyl (C=O) groups is 2. The van der Waals surface area contributed by atoms with E-state index in [-0.39, 0.29) is 11.7 Å². The summed E-state index contributed by atoms with van der Waals surface area (Å²) in [6, 6.07) is 16.6. The lowest BCUT2D eigenvalue weighted by Gasteiger charge is -2.13. The average Bonchev–Trinajstić information content (AvgIpc) is 3.45. The van der Waals surface area contributed by atoms with E-state index in [9.17, 15) is 9.59 Å². The minimum absolute atomic E-state index is 0.133. The van der Waals surface area contributed by atoms with Crippen LogP contribution in [0, 0.1) is 20.8 Å². The lowest BCUT2D eigenvalue weighted by molar-refractivity contribution is 0.101. The molecule has 8 heteroatoms. The zero-order valence-corrected chi connectivity index (χ0v) is 21.0. The molecule has 0 fully saturated rings. The Balaban J connectivity index is 1.42. The lowest BCUT2D eigenvalue weighted by Crippen LogP contribution is -2.17. The predicted molar refractivity (Wildman–Crippen MR) is 145 cm³/mol. The van der Waals surface area contributed by atoms with Crippen molar-refractivity contribution >= 4 is 40.4 Å². The third kappa shape index (κ3) is 4.81. The van der Waals surface area contributed by atoms with E-state index in [0.717, 1.165) is 39.1 Å². The fraction of sp³-hybridized carbons (Fsp3) is 0.138. The zero-order valence-electron chi connectivity index (χ0n) is 21.0. The first-order chi connectivity index (χ1) is 17.8. The summed E-state index contributed by atoms with van der Waals surface area (Å²) in [5.74, 6) is -0.412. The number of benzene rings is 2. The number of aromatic amines is 1. The van der Waals surface area contributed by atoms with Crippen LogP contribution in [0.3, 0.4) is 0 Å². The zero-order chi connectivity index (χ0) is 26.1. The molecule has 2 N–H and O–H groups in total. The van der Waals surface area contributed by atoms with Gasteiger partial charge >= 0.3 is 0 Å². The number of hydrogen-bond donors (Lipinski definition) is 2. The number of rotatable bonds is 6. The van der Waals surface area contributed by atoms with Crippen LogP contribution < -0.4 is 5.32 Å². The highest BCUT2D eigenvalue weighted by molar-refractivity contribution is 6.13. The monoisotopic (exact) mass is 490 g/mol. The topological polar surface area (TPSA) is 106 Å². The average molecular weight is 491 g/mol. The molecule has 0 bridgehead atoms. The van der Waals surface area contributed by atoms with Crippen LogP contribution in [0.15, 0.2) is 60.8 Å². The van der Waals surface area contributed by atoms with Crippen molar-refractivity contribution in [3.8, 4) is 0 Å². The van der Waals surface area contributed by atoms with Crippen LogP contribution in [0.2, 0.25) is 0 Å². The fourth-order valence-electron chi connectivity index (χ4n) is 4.34. The molecule has 8 nitrogen and oxygen atoms in total. The number of carbonyl (C=O) groups excluding carboxylic acids is 2. The molecule has 0 atom stereocenters. The first kappa shape index (κ1) is 23.9. The Kier molecular flexibility index (Phi) is 6.23. The highest BCUT2D eigenvalue weighted by atomic mass is 16.2. The third-order valence-corrected chi connectivity index (χ3v) is 6.25. The standard InChI is InChI=1S/C29H26N6O2/c1-17-13-18(2)25(31-29(37)27-14-19(3)34-35(27)4)16-23(17)28(36)20-8-10-22-24(32-33-26(22)15-20)11-9-21-7-5-6-12-30-21/h5-16H,1-4H3,(H,31,37)(H,32,33). The van der Waals surface area contributed by atoms with Crippen molar-refractivity contribution in [1.82, 2.24) is 25.0 Å². The van der Waals surface area contributed by atoms with Gasteiger partial charge in [-0.05, 0) is 80.4 Å². The first-order valence-corrected chi connectivity index (χ1v) is 11.9. The van der Waals surface area contributed by atoms with Gasteiger partial charge in [0.05, 0.1) is 22.6 Å². The second kappa shape index (κ2) is 9.66. The molecule has 184 valence electrons. The number of nitrogens with one attached hydrogen (secondary N) is 2. The quantitative estimate of drug-likeness (QED) is 0.316. The van der Waals surface area contributed by atoms with Crippen LogP contribution >= 0.6 is 0 Å². The highest BCUT2D eigenvalue weighted by Crippen LogP contribution is 2.26. The highest BCUT2D eigenvalue weighted by Gasteiger charge is 2.18. The van der Waals surface area contributed by atoms with Gasteiger partial charge in [0.15, 0.2) is 5.78 Å². The molecular weight excluding hydrogens is 464 g/mol. The number of nitrogens with zero attached hydrogens (tertiary/aromatic N) is 4. The van der Waals surface area contributed by atoms with Crippen molar-refractivity contribution in [2.24, 2.45) is 7.05 Å². The largest absolute Gasteiger partial charge is 0.320 e. The molecule has 5 aromatic rings. The molecule has 3 aromatic heterocycles. The van der Waals surface area contributed by atoms with E-state index < -0.39 is 0 Å². The molecule has 3 heterocycles. The number of fused-ring (bicyclic) bond motifs is 1. The van der Waals surface area contributed by atoms with Crippen molar-refractivity contribution < 1.29 is 9.59 Å². The van der Waals surface area contributed by atoms with Gasteiger partial charge in [-0.15, -0.1) is 0 Å². The van der Waals surface area contributed by atoms with Gasteiger partial charge < -0.3 is 5.32 Å². The third-order valence-electron chi connectivity index (χ3n) is 6.25.